The van der Waals surface area contributed by atoms with E-state index in [1.54, 1.807) is 6.92 Å². The van der Waals surface area contributed by atoms with Gasteiger partial charge in [0.05, 0.1) is 4.92 Å². The monoisotopic (exact) mass is 351 g/mol. The second kappa shape index (κ2) is 4.92. The Morgan fingerprint density at radius 1 is 1.50 bits per heavy atom. The fourth-order valence-corrected chi connectivity index (χ4v) is 2.16. The molecule has 0 amide bonds. The van der Waals surface area contributed by atoms with Crippen LogP contribution in [0.1, 0.15) is 12.5 Å². The van der Waals surface area contributed by atoms with Gasteiger partial charge in [0, 0.05) is 17.0 Å². The lowest BCUT2D eigenvalue weighted by Crippen LogP contribution is -2.04. The van der Waals surface area contributed by atoms with Gasteiger partial charge >= 0.3 is 5.97 Å². The molecule has 0 heterocycles. The van der Waals surface area contributed by atoms with Crippen LogP contribution in [-0.4, -0.2) is 10.9 Å². The van der Waals surface area contributed by atoms with Crippen molar-refractivity contribution in [3.63, 3.8) is 0 Å². The molecule has 0 atom stereocenters. The second-order valence-corrected chi connectivity index (χ2v) is 4.64. The number of nitro benzene ring substituents is 1. The fraction of sp³-hybridized carbons (Fsp3) is 0.222. The minimum absolute atomic E-state index is 0.120. The maximum absolute atomic E-state index is 10.8. The Labute approximate surface area is 108 Å². The van der Waals surface area contributed by atoms with Crippen LogP contribution in [0, 0.1) is 17.0 Å². The van der Waals surface area contributed by atoms with Gasteiger partial charge in [0.1, 0.15) is 4.47 Å². The number of carbonyl (C=O) groups is 1. The Bertz CT molecular complexity index is 473. The summed E-state index contributed by atoms with van der Waals surface area (Å²) in [6, 6.07) is 1.51. The first-order valence-electron chi connectivity index (χ1n) is 4.16. The number of benzene rings is 1. The molecular formula is C9H7Br2NO4. The molecule has 0 bridgehead atoms. The summed E-state index contributed by atoms with van der Waals surface area (Å²) >= 11 is 6.23. The van der Waals surface area contributed by atoms with Crippen molar-refractivity contribution < 1.29 is 14.5 Å². The van der Waals surface area contributed by atoms with Gasteiger partial charge in [-0.2, -0.15) is 0 Å². The average molecular weight is 353 g/mol. The third-order valence-corrected chi connectivity index (χ3v) is 3.42. The van der Waals surface area contributed by atoms with E-state index >= 15 is 0 Å². The van der Waals surface area contributed by atoms with Crippen molar-refractivity contribution in [1.29, 1.82) is 0 Å². The lowest BCUT2D eigenvalue weighted by atomic mass is 10.2. The van der Waals surface area contributed by atoms with Crippen LogP contribution in [0.4, 0.5) is 5.69 Å². The lowest BCUT2D eigenvalue weighted by molar-refractivity contribution is -0.386. The van der Waals surface area contributed by atoms with Crippen LogP contribution in [0.25, 0.3) is 0 Å². The molecular weight excluding hydrogens is 346 g/mol. The molecule has 86 valence electrons. The summed E-state index contributed by atoms with van der Waals surface area (Å²) in [4.78, 5) is 21.1. The minimum Gasteiger partial charge on any atom is -0.425 e. The van der Waals surface area contributed by atoms with E-state index in [2.05, 4.69) is 31.9 Å². The van der Waals surface area contributed by atoms with Gasteiger partial charge in [0.2, 0.25) is 0 Å². The van der Waals surface area contributed by atoms with E-state index in [-0.39, 0.29) is 15.9 Å². The van der Waals surface area contributed by atoms with Crippen molar-refractivity contribution >= 4 is 43.5 Å². The zero-order chi connectivity index (χ0) is 12.5. The predicted octanol–water partition coefficient (Wildman–Crippen LogP) is 3.35. The molecule has 16 heavy (non-hydrogen) atoms. The molecule has 0 fully saturated rings. The van der Waals surface area contributed by atoms with E-state index in [1.807, 2.05) is 0 Å². The SMILES string of the molecule is CC(=O)Oc1cc(Br)c(C)c([N+](=O)[O-])c1Br. The van der Waals surface area contributed by atoms with Crippen LogP contribution in [0.2, 0.25) is 0 Å². The highest BCUT2D eigenvalue weighted by Gasteiger charge is 2.23. The number of hydrogen-bond donors (Lipinski definition) is 0. The topological polar surface area (TPSA) is 69.4 Å². The van der Waals surface area contributed by atoms with Crippen molar-refractivity contribution in [2.75, 3.05) is 0 Å². The van der Waals surface area contributed by atoms with Gasteiger partial charge in [-0.25, -0.2) is 0 Å². The predicted molar refractivity (Wildman–Crippen MR) is 64.5 cm³/mol. The van der Waals surface area contributed by atoms with Crippen molar-refractivity contribution in [3.8, 4) is 5.75 Å². The molecule has 0 aromatic heterocycles. The molecule has 0 N–H and O–H groups in total. The summed E-state index contributed by atoms with van der Waals surface area (Å²) in [7, 11) is 0. The first-order chi connectivity index (χ1) is 7.34. The smallest absolute Gasteiger partial charge is 0.308 e. The third kappa shape index (κ3) is 2.59. The molecule has 0 radical (unpaired) electrons. The Morgan fingerprint density at radius 2 is 2.06 bits per heavy atom. The highest BCUT2D eigenvalue weighted by Crippen LogP contribution is 2.40. The van der Waals surface area contributed by atoms with Crippen LogP contribution in [0.5, 0.6) is 5.75 Å². The van der Waals surface area contributed by atoms with E-state index in [9.17, 15) is 14.9 Å². The highest BCUT2D eigenvalue weighted by atomic mass is 79.9. The van der Waals surface area contributed by atoms with Gasteiger partial charge < -0.3 is 4.74 Å². The van der Waals surface area contributed by atoms with Crippen LogP contribution >= 0.6 is 31.9 Å². The Balaban J connectivity index is 3.44. The van der Waals surface area contributed by atoms with Gasteiger partial charge in [0.15, 0.2) is 5.75 Å². The normalized spacial score (nSPS) is 10.0. The van der Waals surface area contributed by atoms with E-state index in [0.29, 0.717) is 10.0 Å². The Morgan fingerprint density at radius 3 is 2.50 bits per heavy atom. The molecule has 0 aliphatic heterocycles. The summed E-state index contributed by atoms with van der Waals surface area (Å²) in [5, 5.41) is 10.8. The molecule has 0 saturated carbocycles. The molecule has 0 spiro atoms. The second-order valence-electron chi connectivity index (χ2n) is 2.99. The zero-order valence-corrected chi connectivity index (χ0v) is 11.6. The summed E-state index contributed by atoms with van der Waals surface area (Å²) in [5.41, 5.74) is 0.346. The van der Waals surface area contributed by atoms with Crippen molar-refractivity contribution in [2.45, 2.75) is 13.8 Å². The number of carbonyl (C=O) groups excluding carboxylic acids is 1. The molecule has 1 rings (SSSR count). The standard InChI is InChI=1S/C9H7Br2NO4/c1-4-6(10)3-7(16-5(2)13)8(11)9(4)12(14)15/h3H,1-2H3. The number of hydrogen-bond acceptors (Lipinski definition) is 4. The van der Waals surface area contributed by atoms with Crippen LogP contribution in [0.3, 0.4) is 0 Å². The summed E-state index contributed by atoms with van der Waals surface area (Å²) in [6.07, 6.45) is 0. The first-order valence-corrected chi connectivity index (χ1v) is 5.74. The largest absolute Gasteiger partial charge is 0.425 e. The van der Waals surface area contributed by atoms with Gasteiger partial charge in [-0.05, 0) is 28.9 Å². The Kier molecular flexibility index (Phi) is 4.03. The van der Waals surface area contributed by atoms with E-state index < -0.39 is 10.9 Å². The first kappa shape index (κ1) is 13.1. The van der Waals surface area contributed by atoms with Crippen molar-refractivity contribution in [2.24, 2.45) is 0 Å². The van der Waals surface area contributed by atoms with Crippen LogP contribution in [0.15, 0.2) is 15.0 Å². The number of ether oxygens (including phenoxy) is 1. The summed E-state index contributed by atoms with van der Waals surface area (Å²) in [6.45, 7) is 2.83. The average Bonchev–Trinajstić information content (AvgIpc) is 2.13. The molecule has 0 aliphatic rings. The van der Waals surface area contributed by atoms with Crippen molar-refractivity contribution in [1.82, 2.24) is 0 Å². The third-order valence-electron chi connectivity index (χ3n) is 1.83. The number of nitro groups is 1. The molecule has 5 nitrogen and oxygen atoms in total. The molecule has 0 saturated heterocycles. The maximum Gasteiger partial charge on any atom is 0.308 e. The molecule has 0 unspecified atom stereocenters. The van der Waals surface area contributed by atoms with Gasteiger partial charge in [-0.1, -0.05) is 15.9 Å². The minimum atomic E-state index is -0.536. The summed E-state index contributed by atoms with van der Waals surface area (Å²) in [5.74, 6) is -0.414. The molecule has 7 heteroatoms. The lowest BCUT2D eigenvalue weighted by Gasteiger charge is -2.08. The van der Waals surface area contributed by atoms with Gasteiger partial charge in [-0.3, -0.25) is 14.9 Å². The zero-order valence-electron chi connectivity index (χ0n) is 8.41. The maximum atomic E-state index is 10.8. The molecule has 1 aromatic rings. The fourth-order valence-electron chi connectivity index (χ4n) is 1.13. The van der Waals surface area contributed by atoms with Crippen LogP contribution < -0.4 is 4.74 Å². The van der Waals surface area contributed by atoms with Crippen molar-refractivity contribution in [3.05, 3.63) is 30.7 Å². The number of esters is 1. The van der Waals surface area contributed by atoms with E-state index in [0.717, 1.165) is 0 Å². The van der Waals surface area contributed by atoms with Crippen LogP contribution in [-0.2, 0) is 4.79 Å². The molecule has 0 aliphatic carbocycles. The Hall–Kier alpha value is -0.950. The number of nitrogens with zero attached hydrogens (tertiary/aromatic N) is 1. The van der Waals surface area contributed by atoms with Gasteiger partial charge in [-0.15, -0.1) is 0 Å². The number of rotatable bonds is 2. The van der Waals surface area contributed by atoms with E-state index in [4.69, 9.17) is 4.74 Å². The van der Waals surface area contributed by atoms with E-state index in [1.165, 1.54) is 13.0 Å². The summed E-state index contributed by atoms with van der Waals surface area (Å²) < 4.78 is 5.52. The quantitative estimate of drug-likeness (QED) is 0.354. The highest BCUT2D eigenvalue weighted by molar-refractivity contribution is 9.11. The number of halogens is 2. The molecule has 1 aromatic carbocycles. The van der Waals surface area contributed by atoms with Gasteiger partial charge in [0.25, 0.3) is 5.69 Å².